The van der Waals surface area contributed by atoms with Crippen LogP contribution in [0, 0.1) is 0 Å². The molecule has 0 aromatic rings. The maximum Gasteiger partial charge on any atom is 3.00 e. The number of rotatable bonds is 3. The first kappa shape index (κ1) is 29.8. The third-order valence-corrected chi connectivity index (χ3v) is 1.74. The van der Waals surface area contributed by atoms with E-state index in [2.05, 4.69) is 36.2 Å². The Balaban J connectivity index is -0.0000000667. The minimum atomic E-state index is 0. The molecule has 90 valence electrons. The van der Waals surface area contributed by atoms with Crippen molar-refractivity contribution in [2.24, 2.45) is 0 Å². The van der Waals surface area contributed by atoms with Crippen molar-refractivity contribution in [3.05, 3.63) is 12.4 Å². The molecule has 15 heavy (non-hydrogen) atoms. The first-order valence-electron chi connectivity index (χ1n) is 3.95. The molecule has 1 aliphatic rings. The van der Waals surface area contributed by atoms with E-state index in [1.807, 2.05) is 0 Å². The predicted octanol–water partition coefficient (Wildman–Crippen LogP) is -7.48. The fourth-order valence-corrected chi connectivity index (χ4v) is 1.10. The Hall–Kier alpha value is 1.03. The van der Waals surface area contributed by atoms with E-state index in [-0.39, 0.29) is 67.0 Å². The molecule has 0 bridgehead atoms. The smallest absolute Gasteiger partial charge is 1.00 e. The zero-order valence-electron chi connectivity index (χ0n) is 9.00. The molecule has 0 N–H and O–H groups in total. The van der Waals surface area contributed by atoms with Gasteiger partial charge in [0.2, 0.25) is 0 Å². The predicted molar refractivity (Wildman–Crippen MR) is 56.4 cm³/mol. The molecule has 0 saturated heterocycles. The van der Waals surface area contributed by atoms with Crippen molar-refractivity contribution in [2.75, 3.05) is 20.3 Å². The van der Waals surface area contributed by atoms with Gasteiger partial charge < -0.3 is 47.0 Å². The second-order valence-corrected chi connectivity index (χ2v) is 2.86. The van der Waals surface area contributed by atoms with E-state index >= 15 is 0 Å². The van der Waals surface area contributed by atoms with Gasteiger partial charge in [-0.25, -0.2) is 0 Å². The van der Waals surface area contributed by atoms with Crippen LogP contribution in [-0.4, -0.2) is 47.4 Å². The van der Waals surface area contributed by atoms with Crippen molar-refractivity contribution in [3.63, 3.8) is 0 Å². The molecule has 0 aromatic carbocycles. The molecule has 0 saturated carbocycles. The molecule has 0 fully saturated rings. The van der Waals surface area contributed by atoms with E-state index in [9.17, 15) is 0 Å². The van der Waals surface area contributed by atoms with E-state index < -0.39 is 0 Å². The molecule has 0 unspecified atom stereocenters. The van der Waals surface area contributed by atoms with Crippen molar-refractivity contribution < 1.29 is 37.2 Å². The van der Waals surface area contributed by atoms with Gasteiger partial charge >= 0.3 is 17.4 Å². The fourth-order valence-electron chi connectivity index (χ4n) is 1.10. The number of nitrogens with zero attached hydrogens (tertiary/aromatic N) is 2. The summed E-state index contributed by atoms with van der Waals surface area (Å²) in [6, 6.07) is 0. The average Bonchev–Trinajstić information content (AvgIpc) is 2.31. The third-order valence-electron chi connectivity index (χ3n) is 1.74. The maximum atomic E-state index is 2.34. The van der Waals surface area contributed by atoms with Crippen LogP contribution in [0.2, 0.25) is 0 Å². The molecule has 1 heterocycles. The molecule has 0 spiro atoms. The molecule has 2 nitrogen and oxygen atoms in total. The molecular weight excluding hydrogens is 293 g/mol. The van der Waals surface area contributed by atoms with Gasteiger partial charge in [-0.05, 0) is 6.42 Å². The topological polar surface area (TPSA) is 6.48 Å². The van der Waals surface area contributed by atoms with Crippen LogP contribution >= 0.6 is 12.4 Å². The summed E-state index contributed by atoms with van der Waals surface area (Å²) in [5.41, 5.74) is 0. The second kappa shape index (κ2) is 17.4. The largest absolute Gasteiger partial charge is 3.00 e. The molecule has 1 rings (SSSR count). The van der Waals surface area contributed by atoms with Crippen LogP contribution in [0.1, 0.15) is 19.8 Å². The van der Waals surface area contributed by atoms with Crippen LogP contribution in [0.5, 0.6) is 0 Å². The van der Waals surface area contributed by atoms with Gasteiger partial charge in [-0.15, -0.1) is 12.4 Å². The van der Waals surface area contributed by atoms with E-state index in [0.717, 1.165) is 6.67 Å². The Kier molecular flexibility index (Phi) is 34.6. The number of hydrogen-bond donors (Lipinski definition) is 0. The number of halogens is 4. The van der Waals surface area contributed by atoms with Gasteiger partial charge in [-0.3, -0.25) is 0 Å². The van der Waals surface area contributed by atoms with Gasteiger partial charge in [0.25, 0.3) is 0 Å². The third kappa shape index (κ3) is 13.0. The van der Waals surface area contributed by atoms with Crippen LogP contribution in [-0.2, 0) is 0 Å². The van der Waals surface area contributed by atoms with Crippen LogP contribution in [0.4, 0.5) is 0 Å². The molecule has 0 amide bonds. The second-order valence-electron chi connectivity index (χ2n) is 2.86. The molecule has 0 aliphatic carbocycles. The Morgan fingerprint density at radius 3 is 2.00 bits per heavy atom. The molecule has 1 aliphatic heterocycles. The van der Waals surface area contributed by atoms with Crippen molar-refractivity contribution >= 4 is 29.8 Å². The maximum absolute atomic E-state index is 2.34. The van der Waals surface area contributed by atoms with Crippen molar-refractivity contribution in [2.45, 2.75) is 19.8 Å². The Morgan fingerprint density at radius 1 is 1.13 bits per heavy atom. The molecule has 0 aromatic heterocycles. The molecule has 0 atom stereocenters. The van der Waals surface area contributed by atoms with Gasteiger partial charge in [-0.2, -0.15) is 0 Å². The van der Waals surface area contributed by atoms with E-state index in [1.165, 1.54) is 19.4 Å². The quantitative estimate of drug-likeness (QED) is 0.478. The number of unbranched alkanes of at least 4 members (excludes halogenated alkanes) is 1. The van der Waals surface area contributed by atoms with Crippen LogP contribution < -0.4 is 37.2 Å². The number of hydrogen-bond acceptors (Lipinski definition) is 2. The summed E-state index contributed by atoms with van der Waals surface area (Å²) in [5, 5.41) is 0. The summed E-state index contributed by atoms with van der Waals surface area (Å²) in [7, 11) is 2.10. The first-order valence-corrected chi connectivity index (χ1v) is 3.95. The molecular formula is C8H17AlCl4N2. The zero-order chi connectivity index (χ0) is 7.40. The zero-order valence-corrected chi connectivity index (χ0v) is 13.2. The van der Waals surface area contributed by atoms with E-state index in [4.69, 9.17) is 0 Å². The van der Waals surface area contributed by atoms with Crippen LogP contribution in [0.15, 0.2) is 12.4 Å². The Labute approximate surface area is 129 Å². The van der Waals surface area contributed by atoms with E-state index in [0.29, 0.717) is 0 Å². The summed E-state index contributed by atoms with van der Waals surface area (Å²) in [5.74, 6) is 0. The van der Waals surface area contributed by atoms with Crippen LogP contribution in [0.3, 0.4) is 0 Å². The summed E-state index contributed by atoms with van der Waals surface area (Å²) in [6.07, 6.45) is 6.87. The Bertz CT molecular complexity index is 138. The summed E-state index contributed by atoms with van der Waals surface area (Å²) in [4.78, 5) is 4.53. The molecule has 7 heteroatoms. The first-order chi connectivity index (χ1) is 4.83. The van der Waals surface area contributed by atoms with E-state index in [1.54, 1.807) is 0 Å². The summed E-state index contributed by atoms with van der Waals surface area (Å²) in [6.45, 7) is 4.50. The van der Waals surface area contributed by atoms with Crippen molar-refractivity contribution in [3.8, 4) is 0 Å². The van der Waals surface area contributed by atoms with Crippen LogP contribution in [0.25, 0.3) is 0 Å². The summed E-state index contributed by atoms with van der Waals surface area (Å²) < 4.78 is 0. The standard InChI is InChI=1S/C8H16N2.Al.4ClH/c1-3-4-5-10-7-6-9(2)8-10;;;;;/h6-7H,3-5,8H2,1-2H3;;4*1H/q;+3;;;;/p-3. The van der Waals surface area contributed by atoms with Crippen molar-refractivity contribution in [1.29, 1.82) is 0 Å². The Morgan fingerprint density at radius 2 is 1.67 bits per heavy atom. The molecule has 0 radical (unpaired) electrons. The van der Waals surface area contributed by atoms with Gasteiger partial charge in [0, 0.05) is 26.0 Å². The van der Waals surface area contributed by atoms with Gasteiger partial charge in [0.05, 0.1) is 6.67 Å². The monoisotopic (exact) mass is 308 g/mol. The van der Waals surface area contributed by atoms with Gasteiger partial charge in [-0.1, -0.05) is 13.3 Å². The summed E-state index contributed by atoms with van der Waals surface area (Å²) >= 11 is 0. The van der Waals surface area contributed by atoms with Gasteiger partial charge in [0.1, 0.15) is 0 Å². The minimum Gasteiger partial charge on any atom is -1.00 e. The van der Waals surface area contributed by atoms with Gasteiger partial charge in [0.15, 0.2) is 0 Å². The SMILES string of the molecule is CCCCN1C=CN(C)C1.Cl.[Al+3].[Cl-].[Cl-].[Cl-]. The fraction of sp³-hybridized carbons (Fsp3) is 0.750. The minimum absolute atomic E-state index is 0. The normalized spacial score (nSPS) is 11.3. The average molecular weight is 310 g/mol. The van der Waals surface area contributed by atoms with Crippen molar-refractivity contribution in [1.82, 2.24) is 9.80 Å².